The molecule has 2 heterocycles. The Morgan fingerprint density at radius 2 is 2.04 bits per heavy atom. The van der Waals surface area contributed by atoms with E-state index in [4.69, 9.17) is 0 Å². The number of carbonyl (C=O) groups is 2. The molecule has 0 unspecified atom stereocenters. The van der Waals surface area contributed by atoms with Gasteiger partial charge in [0.2, 0.25) is 5.91 Å². The van der Waals surface area contributed by atoms with Crippen molar-refractivity contribution in [1.29, 1.82) is 0 Å². The number of benzene rings is 1. The molecule has 1 fully saturated rings. The maximum atomic E-state index is 12.9. The molecule has 152 valence electrons. The van der Waals surface area contributed by atoms with E-state index in [9.17, 15) is 9.59 Å². The third kappa shape index (κ3) is 3.92. The smallest absolute Gasteiger partial charge is 0.268 e. The summed E-state index contributed by atoms with van der Waals surface area (Å²) in [6.07, 6.45) is 2.30. The molecule has 1 aliphatic rings. The molecule has 1 aliphatic heterocycles. The summed E-state index contributed by atoms with van der Waals surface area (Å²) < 4.78 is 2.00. The standard InChI is InChI=1S/C22H32N4O2/c1-15-7-6-8-18-16(2)21(25(5)20(15)18)22(28)23-12-11-17-9-10-19(27)26(17)14-13-24(3)4/h6-8,17H,9-14H2,1-5H3,(H,23,28)/t17-/m1/s1. The maximum Gasteiger partial charge on any atom is 0.268 e. The highest BCUT2D eigenvalue weighted by molar-refractivity contribution is 6.02. The lowest BCUT2D eigenvalue weighted by atomic mass is 10.1. The van der Waals surface area contributed by atoms with E-state index in [0.717, 1.165) is 48.1 Å². The molecule has 1 saturated heterocycles. The van der Waals surface area contributed by atoms with Crippen LogP contribution in [0.1, 0.15) is 40.9 Å². The highest BCUT2D eigenvalue weighted by Gasteiger charge is 2.30. The van der Waals surface area contributed by atoms with Crippen LogP contribution >= 0.6 is 0 Å². The second-order valence-corrected chi connectivity index (χ2v) is 8.13. The molecule has 6 nitrogen and oxygen atoms in total. The van der Waals surface area contributed by atoms with Gasteiger partial charge in [0.05, 0.1) is 5.52 Å². The number of hydrogen-bond donors (Lipinski definition) is 1. The monoisotopic (exact) mass is 384 g/mol. The van der Waals surface area contributed by atoms with Crippen LogP contribution in [0.4, 0.5) is 0 Å². The van der Waals surface area contributed by atoms with Gasteiger partial charge in [0.25, 0.3) is 5.91 Å². The van der Waals surface area contributed by atoms with Gasteiger partial charge in [-0.05, 0) is 51.9 Å². The van der Waals surface area contributed by atoms with E-state index >= 15 is 0 Å². The Labute approximate surface area is 167 Å². The Morgan fingerprint density at radius 1 is 1.29 bits per heavy atom. The molecule has 1 atom stereocenters. The molecule has 0 saturated carbocycles. The number of para-hydroxylation sites is 1. The quantitative estimate of drug-likeness (QED) is 0.798. The van der Waals surface area contributed by atoms with Crippen molar-refractivity contribution in [1.82, 2.24) is 19.7 Å². The molecule has 28 heavy (non-hydrogen) atoms. The van der Waals surface area contributed by atoms with E-state index in [0.29, 0.717) is 13.0 Å². The molecule has 6 heteroatoms. The first-order valence-corrected chi connectivity index (χ1v) is 10.1. The van der Waals surface area contributed by atoms with Crippen molar-refractivity contribution in [3.8, 4) is 0 Å². The van der Waals surface area contributed by atoms with Gasteiger partial charge in [-0.25, -0.2) is 0 Å². The summed E-state index contributed by atoms with van der Waals surface area (Å²) in [5.41, 5.74) is 4.02. The average molecular weight is 385 g/mol. The van der Waals surface area contributed by atoms with E-state index in [-0.39, 0.29) is 17.9 Å². The molecule has 3 rings (SSSR count). The Morgan fingerprint density at radius 3 is 2.71 bits per heavy atom. The average Bonchev–Trinajstić information content (AvgIpc) is 3.11. The number of fused-ring (bicyclic) bond motifs is 1. The van der Waals surface area contributed by atoms with Gasteiger partial charge in [-0.2, -0.15) is 0 Å². The zero-order chi connectivity index (χ0) is 20.4. The molecular formula is C22H32N4O2. The number of nitrogens with zero attached hydrogens (tertiary/aromatic N) is 3. The topological polar surface area (TPSA) is 57.6 Å². The summed E-state index contributed by atoms with van der Waals surface area (Å²) in [5, 5.41) is 4.21. The minimum atomic E-state index is -0.0419. The number of aryl methyl sites for hydroxylation is 3. The lowest BCUT2D eigenvalue weighted by Crippen LogP contribution is -2.40. The molecule has 0 spiro atoms. The molecule has 0 radical (unpaired) electrons. The van der Waals surface area contributed by atoms with Gasteiger partial charge < -0.3 is 19.7 Å². The second kappa shape index (κ2) is 8.35. The summed E-state index contributed by atoms with van der Waals surface area (Å²) >= 11 is 0. The fourth-order valence-electron chi connectivity index (χ4n) is 4.36. The third-order valence-corrected chi connectivity index (χ3v) is 5.89. The summed E-state index contributed by atoms with van der Waals surface area (Å²) in [6, 6.07) is 6.40. The molecule has 1 N–H and O–H groups in total. The van der Waals surface area contributed by atoms with E-state index in [1.165, 1.54) is 5.56 Å². The zero-order valence-corrected chi connectivity index (χ0v) is 17.7. The van der Waals surface area contributed by atoms with Crippen LogP contribution in [0.5, 0.6) is 0 Å². The van der Waals surface area contributed by atoms with Crippen LogP contribution in [0.3, 0.4) is 0 Å². The molecule has 1 aromatic heterocycles. The number of nitrogens with one attached hydrogen (secondary N) is 1. The van der Waals surface area contributed by atoms with Crippen molar-refractivity contribution in [2.45, 2.75) is 39.2 Å². The SMILES string of the molecule is Cc1c(C(=O)NCC[C@H]2CCC(=O)N2CCN(C)C)n(C)c2c(C)cccc12. The van der Waals surface area contributed by atoms with E-state index in [1.807, 2.05) is 43.6 Å². The summed E-state index contributed by atoms with van der Waals surface area (Å²) in [7, 11) is 5.99. The lowest BCUT2D eigenvalue weighted by molar-refractivity contribution is -0.129. The molecule has 0 bridgehead atoms. The van der Waals surface area contributed by atoms with E-state index in [2.05, 4.69) is 29.3 Å². The summed E-state index contributed by atoms with van der Waals surface area (Å²) in [4.78, 5) is 29.1. The lowest BCUT2D eigenvalue weighted by Gasteiger charge is -2.26. The van der Waals surface area contributed by atoms with Gasteiger partial charge in [-0.3, -0.25) is 9.59 Å². The minimum absolute atomic E-state index is 0.0419. The minimum Gasteiger partial charge on any atom is -0.351 e. The van der Waals surface area contributed by atoms with Gasteiger partial charge in [0.15, 0.2) is 0 Å². The van der Waals surface area contributed by atoms with Crippen LogP contribution in [-0.2, 0) is 11.8 Å². The fraction of sp³-hybridized carbons (Fsp3) is 0.545. The summed E-state index contributed by atoms with van der Waals surface area (Å²) in [6.45, 7) is 6.28. The van der Waals surface area contributed by atoms with Gasteiger partial charge in [0, 0.05) is 44.5 Å². The van der Waals surface area contributed by atoms with Crippen molar-refractivity contribution in [2.75, 3.05) is 33.7 Å². The molecule has 2 aromatic rings. The Kier molecular flexibility index (Phi) is 6.08. The Hall–Kier alpha value is -2.34. The third-order valence-electron chi connectivity index (χ3n) is 5.89. The van der Waals surface area contributed by atoms with Crippen LogP contribution < -0.4 is 5.32 Å². The molecule has 2 amide bonds. The van der Waals surface area contributed by atoms with Crippen LogP contribution in [0.15, 0.2) is 18.2 Å². The van der Waals surface area contributed by atoms with Gasteiger partial charge in [0.1, 0.15) is 5.69 Å². The van der Waals surface area contributed by atoms with Gasteiger partial charge in [-0.1, -0.05) is 18.2 Å². The van der Waals surface area contributed by atoms with Gasteiger partial charge >= 0.3 is 0 Å². The van der Waals surface area contributed by atoms with Crippen molar-refractivity contribution in [2.24, 2.45) is 7.05 Å². The van der Waals surface area contributed by atoms with Crippen LogP contribution in [0, 0.1) is 13.8 Å². The van der Waals surface area contributed by atoms with Crippen molar-refractivity contribution < 1.29 is 9.59 Å². The Bertz CT molecular complexity index is 884. The second-order valence-electron chi connectivity index (χ2n) is 8.13. The fourth-order valence-corrected chi connectivity index (χ4v) is 4.36. The highest BCUT2D eigenvalue weighted by atomic mass is 16.2. The van der Waals surface area contributed by atoms with E-state index in [1.54, 1.807) is 0 Å². The first kappa shape index (κ1) is 20.4. The maximum absolute atomic E-state index is 12.9. The van der Waals surface area contributed by atoms with Crippen LogP contribution in [-0.4, -0.2) is 66.0 Å². The number of aromatic nitrogens is 1. The first-order chi connectivity index (χ1) is 13.3. The molecule has 0 aliphatic carbocycles. The number of likely N-dealkylation sites (N-methyl/N-ethyl adjacent to an activating group) is 1. The largest absolute Gasteiger partial charge is 0.351 e. The van der Waals surface area contributed by atoms with Crippen molar-refractivity contribution in [3.63, 3.8) is 0 Å². The van der Waals surface area contributed by atoms with Crippen LogP contribution in [0.2, 0.25) is 0 Å². The highest BCUT2D eigenvalue weighted by Crippen LogP contribution is 2.27. The summed E-state index contributed by atoms with van der Waals surface area (Å²) in [5.74, 6) is 0.193. The molecular weight excluding hydrogens is 352 g/mol. The molecule has 1 aromatic carbocycles. The van der Waals surface area contributed by atoms with Crippen LogP contribution in [0.25, 0.3) is 10.9 Å². The van der Waals surface area contributed by atoms with E-state index < -0.39 is 0 Å². The number of amides is 2. The number of carbonyl (C=O) groups excluding carboxylic acids is 2. The Balaban J connectivity index is 1.64. The number of hydrogen-bond acceptors (Lipinski definition) is 3. The predicted molar refractivity (Wildman–Crippen MR) is 113 cm³/mol. The first-order valence-electron chi connectivity index (χ1n) is 10.1. The number of rotatable bonds is 7. The zero-order valence-electron chi connectivity index (χ0n) is 17.7. The van der Waals surface area contributed by atoms with Crippen molar-refractivity contribution in [3.05, 3.63) is 35.0 Å². The predicted octanol–water partition coefficient (Wildman–Crippen LogP) is 2.47. The number of likely N-dealkylation sites (tertiary alicyclic amines) is 1. The van der Waals surface area contributed by atoms with Crippen molar-refractivity contribution >= 4 is 22.7 Å². The normalized spacial score (nSPS) is 17.1. The van der Waals surface area contributed by atoms with Gasteiger partial charge in [-0.15, -0.1) is 0 Å².